The van der Waals surface area contributed by atoms with Crippen molar-refractivity contribution >= 4 is 23.6 Å². The Hall–Kier alpha value is -1.50. The summed E-state index contributed by atoms with van der Waals surface area (Å²) in [6.07, 6.45) is 1.53. The molecule has 6 nitrogen and oxygen atoms in total. The van der Waals surface area contributed by atoms with Gasteiger partial charge in [0.15, 0.2) is 0 Å². The topological polar surface area (TPSA) is 78.1 Å². The number of carbonyl (C=O) groups excluding carboxylic acids is 2. The average Bonchev–Trinajstić information content (AvgIpc) is 3.08. The summed E-state index contributed by atoms with van der Waals surface area (Å²) >= 11 is 1.59. The van der Waals surface area contributed by atoms with Crippen molar-refractivity contribution in [1.82, 2.24) is 20.4 Å². The van der Waals surface area contributed by atoms with Crippen molar-refractivity contribution in [3.8, 4) is 0 Å². The number of aromatic amines is 1. The van der Waals surface area contributed by atoms with Crippen LogP contribution in [0.2, 0.25) is 0 Å². The molecule has 0 aliphatic carbocycles. The number of hydrogen-bond donors (Lipinski definition) is 2. The molecule has 1 aliphatic heterocycles. The molecule has 1 aromatic heterocycles. The minimum absolute atomic E-state index is 0.0796. The van der Waals surface area contributed by atoms with E-state index in [1.807, 2.05) is 6.92 Å². The maximum absolute atomic E-state index is 12.3. The molecule has 1 fully saturated rings. The second-order valence-corrected chi connectivity index (χ2v) is 6.30. The Labute approximate surface area is 122 Å². The van der Waals surface area contributed by atoms with Crippen LogP contribution < -0.4 is 5.32 Å². The molecule has 20 heavy (non-hydrogen) atoms. The van der Waals surface area contributed by atoms with Gasteiger partial charge in [-0.25, -0.2) is 0 Å². The second kappa shape index (κ2) is 6.30. The van der Waals surface area contributed by atoms with E-state index in [1.54, 1.807) is 22.7 Å². The molecule has 1 aromatic rings. The summed E-state index contributed by atoms with van der Waals surface area (Å²) in [7, 11) is 0. The third-order valence-electron chi connectivity index (χ3n) is 3.55. The monoisotopic (exact) mass is 296 g/mol. The summed E-state index contributed by atoms with van der Waals surface area (Å²) in [4.78, 5) is 26.2. The number of thioether (sulfide) groups is 1. The van der Waals surface area contributed by atoms with E-state index >= 15 is 0 Å². The van der Waals surface area contributed by atoms with Gasteiger partial charge in [-0.15, -0.1) is 11.8 Å². The number of aromatic nitrogens is 2. The van der Waals surface area contributed by atoms with Crippen LogP contribution in [0.5, 0.6) is 0 Å². The zero-order valence-corrected chi connectivity index (χ0v) is 12.7. The standard InChI is InChI=1S/C13H20N4O2S/c1-8(2)9(3)15-12(18)11-6-20-7-17(11)13(19)10-4-5-14-16-10/h4-5,8-9,11H,6-7H2,1-3H3,(H,14,16)(H,15,18)/t9-,11-/m0/s1. The van der Waals surface area contributed by atoms with Gasteiger partial charge in [0.2, 0.25) is 5.91 Å². The minimum atomic E-state index is -0.406. The summed E-state index contributed by atoms with van der Waals surface area (Å²) in [5.41, 5.74) is 0.419. The Morgan fingerprint density at radius 2 is 2.25 bits per heavy atom. The van der Waals surface area contributed by atoms with Crippen LogP contribution in [0.25, 0.3) is 0 Å². The number of H-pyrrole nitrogens is 1. The Bertz CT molecular complexity index is 475. The quantitative estimate of drug-likeness (QED) is 0.871. The molecule has 0 saturated carbocycles. The molecule has 2 rings (SSSR count). The molecular formula is C13H20N4O2S. The van der Waals surface area contributed by atoms with E-state index in [-0.39, 0.29) is 17.9 Å². The SMILES string of the molecule is CC(C)[C@H](C)NC(=O)[C@@H]1CSCN1C(=O)c1ccn[nH]1. The second-order valence-electron chi connectivity index (χ2n) is 5.30. The number of carbonyl (C=O) groups is 2. The summed E-state index contributed by atoms with van der Waals surface area (Å²) in [5.74, 6) is 1.28. The largest absolute Gasteiger partial charge is 0.352 e. The average molecular weight is 296 g/mol. The number of nitrogens with zero attached hydrogens (tertiary/aromatic N) is 2. The molecule has 7 heteroatoms. The summed E-state index contributed by atoms with van der Waals surface area (Å²) in [5, 5.41) is 9.41. The van der Waals surface area contributed by atoms with Crippen molar-refractivity contribution < 1.29 is 9.59 Å². The molecule has 2 heterocycles. The van der Waals surface area contributed by atoms with Gasteiger partial charge in [-0.2, -0.15) is 5.10 Å². The van der Waals surface area contributed by atoms with Crippen LogP contribution in [0.1, 0.15) is 31.3 Å². The number of amides is 2. The lowest BCUT2D eigenvalue weighted by atomic mass is 10.1. The fourth-order valence-corrected chi connectivity index (χ4v) is 3.03. The van der Waals surface area contributed by atoms with Crippen molar-refractivity contribution in [1.29, 1.82) is 0 Å². The molecule has 1 aliphatic rings. The van der Waals surface area contributed by atoms with Gasteiger partial charge in [-0.1, -0.05) is 13.8 Å². The Morgan fingerprint density at radius 3 is 2.85 bits per heavy atom. The maximum atomic E-state index is 12.3. The first-order valence-corrected chi connectivity index (χ1v) is 7.84. The number of rotatable bonds is 4. The Morgan fingerprint density at radius 1 is 1.50 bits per heavy atom. The van der Waals surface area contributed by atoms with E-state index < -0.39 is 6.04 Å². The van der Waals surface area contributed by atoms with E-state index in [9.17, 15) is 9.59 Å². The third-order valence-corrected chi connectivity index (χ3v) is 4.56. The molecule has 2 amide bonds. The normalized spacial score (nSPS) is 20.2. The molecule has 110 valence electrons. The van der Waals surface area contributed by atoms with Gasteiger partial charge in [0.1, 0.15) is 11.7 Å². The summed E-state index contributed by atoms with van der Waals surface area (Å²) in [6, 6.07) is 1.31. The summed E-state index contributed by atoms with van der Waals surface area (Å²) < 4.78 is 0. The van der Waals surface area contributed by atoms with E-state index in [0.717, 1.165) is 0 Å². The lowest BCUT2D eigenvalue weighted by Crippen LogP contribution is -2.50. The molecule has 0 unspecified atom stereocenters. The molecule has 0 spiro atoms. The highest BCUT2D eigenvalue weighted by Gasteiger charge is 2.36. The Kier molecular flexibility index (Phi) is 4.69. The van der Waals surface area contributed by atoms with E-state index in [0.29, 0.717) is 23.2 Å². The van der Waals surface area contributed by atoms with Gasteiger partial charge in [0.05, 0.1) is 5.88 Å². The van der Waals surface area contributed by atoms with Crippen LogP contribution in [0.15, 0.2) is 12.3 Å². The highest BCUT2D eigenvalue weighted by atomic mass is 32.2. The van der Waals surface area contributed by atoms with Gasteiger partial charge in [0.25, 0.3) is 5.91 Å². The predicted octanol–water partition coefficient (Wildman–Crippen LogP) is 1.09. The zero-order chi connectivity index (χ0) is 14.7. The van der Waals surface area contributed by atoms with E-state index in [1.165, 1.54) is 6.20 Å². The number of hydrogen-bond acceptors (Lipinski definition) is 4. The smallest absolute Gasteiger partial charge is 0.273 e. The minimum Gasteiger partial charge on any atom is -0.352 e. The van der Waals surface area contributed by atoms with Crippen molar-refractivity contribution in [2.24, 2.45) is 5.92 Å². The molecule has 0 aromatic carbocycles. The van der Waals surface area contributed by atoms with Gasteiger partial charge in [0, 0.05) is 18.0 Å². The molecule has 0 radical (unpaired) electrons. The van der Waals surface area contributed by atoms with Crippen LogP contribution in [0.3, 0.4) is 0 Å². The molecule has 2 atom stereocenters. The fraction of sp³-hybridized carbons (Fsp3) is 0.615. The van der Waals surface area contributed by atoms with Crippen LogP contribution in [-0.2, 0) is 4.79 Å². The third kappa shape index (κ3) is 3.15. The zero-order valence-electron chi connectivity index (χ0n) is 11.9. The summed E-state index contributed by atoms with van der Waals surface area (Å²) in [6.45, 7) is 6.09. The highest BCUT2D eigenvalue weighted by molar-refractivity contribution is 7.99. The molecular weight excluding hydrogens is 276 g/mol. The first-order valence-electron chi connectivity index (χ1n) is 6.69. The fourth-order valence-electron chi connectivity index (χ4n) is 1.88. The van der Waals surface area contributed by atoms with Crippen molar-refractivity contribution in [3.63, 3.8) is 0 Å². The van der Waals surface area contributed by atoms with Crippen LogP contribution >= 0.6 is 11.8 Å². The van der Waals surface area contributed by atoms with Crippen LogP contribution in [0, 0.1) is 5.92 Å². The molecule has 2 N–H and O–H groups in total. The molecule has 1 saturated heterocycles. The van der Waals surface area contributed by atoms with Crippen molar-refractivity contribution in [2.75, 3.05) is 11.6 Å². The van der Waals surface area contributed by atoms with Gasteiger partial charge in [-0.05, 0) is 18.9 Å². The van der Waals surface area contributed by atoms with Crippen molar-refractivity contribution in [3.05, 3.63) is 18.0 Å². The Balaban J connectivity index is 2.04. The molecule has 0 bridgehead atoms. The number of nitrogens with one attached hydrogen (secondary N) is 2. The van der Waals surface area contributed by atoms with Crippen LogP contribution in [0.4, 0.5) is 0 Å². The first kappa shape index (κ1) is 14.9. The lowest BCUT2D eigenvalue weighted by Gasteiger charge is -2.25. The van der Waals surface area contributed by atoms with Crippen LogP contribution in [-0.4, -0.2) is 50.6 Å². The van der Waals surface area contributed by atoms with Gasteiger partial charge < -0.3 is 10.2 Å². The van der Waals surface area contributed by atoms with E-state index in [2.05, 4.69) is 29.4 Å². The maximum Gasteiger partial charge on any atom is 0.273 e. The first-order chi connectivity index (χ1) is 9.50. The van der Waals surface area contributed by atoms with Gasteiger partial charge in [-0.3, -0.25) is 14.7 Å². The van der Waals surface area contributed by atoms with Gasteiger partial charge >= 0.3 is 0 Å². The van der Waals surface area contributed by atoms with Crippen molar-refractivity contribution in [2.45, 2.75) is 32.9 Å². The lowest BCUT2D eigenvalue weighted by molar-refractivity contribution is -0.125. The predicted molar refractivity (Wildman–Crippen MR) is 78.3 cm³/mol. The van der Waals surface area contributed by atoms with E-state index in [4.69, 9.17) is 0 Å². The highest BCUT2D eigenvalue weighted by Crippen LogP contribution is 2.23.